The molecule has 1 amide bonds. The van der Waals surface area contributed by atoms with Crippen LogP contribution in [0.15, 0.2) is 41.6 Å². The summed E-state index contributed by atoms with van der Waals surface area (Å²) >= 11 is 8.00. The molecule has 31 heavy (non-hydrogen) atoms. The molecule has 6 nitrogen and oxygen atoms in total. The van der Waals surface area contributed by atoms with Gasteiger partial charge in [-0.15, -0.1) is 10.2 Å². The summed E-state index contributed by atoms with van der Waals surface area (Å²) in [4.78, 5) is 14.7. The number of thioether (sulfide) groups is 1. The Morgan fingerprint density at radius 1 is 1.16 bits per heavy atom. The van der Waals surface area contributed by atoms with E-state index in [4.69, 9.17) is 0 Å². The summed E-state index contributed by atoms with van der Waals surface area (Å²) in [6.07, 6.45) is 0. The van der Waals surface area contributed by atoms with E-state index in [1.807, 2.05) is 42.6 Å². The molecule has 1 atom stereocenters. The van der Waals surface area contributed by atoms with Crippen LogP contribution < -0.4 is 5.32 Å². The number of anilines is 1. The first kappa shape index (κ1) is 25.1. The van der Waals surface area contributed by atoms with Gasteiger partial charge in [0.15, 0.2) is 11.0 Å². The highest BCUT2D eigenvalue weighted by atomic mass is 127. The van der Waals surface area contributed by atoms with E-state index >= 15 is 0 Å². The molecule has 0 spiro atoms. The zero-order valence-electron chi connectivity index (χ0n) is 16.9. The van der Waals surface area contributed by atoms with Gasteiger partial charge in [0, 0.05) is 16.4 Å². The Kier molecular flexibility index (Phi) is 8.97. The van der Waals surface area contributed by atoms with Gasteiger partial charge in [-0.05, 0) is 125 Å². The second kappa shape index (κ2) is 11.1. The lowest BCUT2D eigenvalue weighted by molar-refractivity contribution is -0.113. The van der Waals surface area contributed by atoms with Crippen molar-refractivity contribution in [3.05, 3.63) is 58.8 Å². The van der Waals surface area contributed by atoms with Gasteiger partial charge in [0.05, 0.1) is 17.5 Å². The highest BCUT2D eigenvalue weighted by Gasteiger charge is 2.22. The van der Waals surface area contributed by atoms with E-state index in [2.05, 4.69) is 83.3 Å². The Hall–Kier alpha value is -0.520. The van der Waals surface area contributed by atoms with E-state index < -0.39 is 0 Å². The Labute approximate surface area is 225 Å². The number of amides is 1. The second-order valence-corrected chi connectivity index (χ2v) is 11.4. The van der Waals surface area contributed by atoms with Gasteiger partial charge in [0.25, 0.3) is 0 Å². The molecule has 1 aromatic heterocycles. The fourth-order valence-electron chi connectivity index (χ4n) is 2.68. The molecule has 0 bridgehead atoms. The molecule has 2 aromatic carbocycles. The van der Waals surface area contributed by atoms with Crippen molar-refractivity contribution in [2.75, 3.05) is 25.2 Å². The number of carbonyl (C=O) groups excluding carboxylic acids is 1. The first-order chi connectivity index (χ1) is 14.7. The van der Waals surface area contributed by atoms with Gasteiger partial charge in [0.2, 0.25) is 5.91 Å². The van der Waals surface area contributed by atoms with Crippen LogP contribution in [0.2, 0.25) is 0 Å². The summed E-state index contributed by atoms with van der Waals surface area (Å²) in [5.41, 5.74) is 1.56. The molecule has 0 aliphatic heterocycles. The van der Waals surface area contributed by atoms with Crippen molar-refractivity contribution in [3.8, 4) is 5.69 Å². The summed E-state index contributed by atoms with van der Waals surface area (Å²) in [5.74, 6) is 0.460. The third-order valence-corrected chi connectivity index (χ3v) is 7.75. The number of carbonyl (C=O) groups is 1. The number of hydrogen-bond acceptors (Lipinski definition) is 5. The van der Waals surface area contributed by atoms with Crippen LogP contribution in [0.4, 0.5) is 10.1 Å². The van der Waals surface area contributed by atoms with Crippen molar-refractivity contribution in [3.63, 3.8) is 0 Å². The number of rotatable bonds is 7. The number of halogens is 4. The average Bonchev–Trinajstić information content (AvgIpc) is 3.12. The van der Waals surface area contributed by atoms with Gasteiger partial charge in [-0.25, -0.2) is 4.39 Å². The molecule has 0 fully saturated rings. The van der Waals surface area contributed by atoms with E-state index in [1.165, 1.54) is 23.9 Å². The maximum Gasteiger partial charge on any atom is 0.234 e. The molecule has 1 heterocycles. The number of hydrogen-bond donors (Lipinski definition) is 1. The fourth-order valence-corrected chi connectivity index (χ4v) is 7.29. The lowest BCUT2D eigenvalue weighted by atomic mass is 10.2. The molecule has 0 radical (unpaired) electrons. The van der Waals surface area contributed by atoms with Crippen molar-refractivity contribution >= 4 is 91.1 Å². The first-order valence-electron chi connectivity index (χ1n) is 9.12. The van der Waals surface area contributed by atoms with E-state index in [9.17, 15) is 9.18 Å². The molecule has 3 aromatic rings. The third kappa shape index (κ3) is 6.29. The predicted octanol–water partition coefficient (Wildman–Crippen LogP) is 5.57. The number of aromatic nitrogens is 3. The van der Waals surface area contributed by atoms with Crippen molar-refractivity contribution in [1.29, 1.82) is 0 Å². The zero-order chi connectivity index (χ0) is 22.7. The molecule has 11 heteroatoms. The van der Waals surface area contributed by atoms with Crippen molar-refractivity contribution < 1.29 is 9.18 Å². The standard InChI is InChI=1S/C20H19FI3N5OS/c1-11(28(2)3)19-26-27-20(29(19)14-6-4-12(21)5-7-14)31-10-17(30)25-18-15(23)8-13(22)9-16(18)24/h4-9,11H,10H2,1-3H3,(H,25,30)/t11-/m1/s1. The summed E-state index contributed by atoms with van der Waals surface area (Å²) in [6.45, 7) is 2.02. The minimum atomic E-state index is -0.311. The Morgan fingerprint density at radius 2 is 1.77 bits per heavy atom. The summed E-state index contributed by atoms with van der Waals surface area (Å²) in [6, 6.07) is 10.2. The minimum absolute atomic E-state index is 0.0179. The summed E-state index contributed by atoms with van der Waals surface area (Å²) in [7, 11) is 3.91. The Morgan fingerprint density at radius 3 is 2.35 bits per heavy atom. The third-order valence-electron chi connectivity index (χ3n) is 4.50. The average molecular weight is 777 g/mol. The Balaban J connectivity index is 1.83. The van der Waals surface area contributed by atoms with E-state index in [0.29, 0.717) is 5.16 Å². The normalized spacial score (nSPS) is 12.3. The minimum Gasteiger partial charge on any atom is -0.324 e. The zero-order valence-corrected chi connectivity index (χ0v) is 24.2. The lowest BCUT2D eigenvalue weighted by Gasteiger charge is -2.20. The molecule has 164 valence electrons. The second-order valence-electron chi connectivity index (χ2n) is 6.87. The number of nitrogens with one attached hydrogen (secondary N) is 1. The van der Waals surface area contributed by atoms with E-state index in [1.54, 1.807) is 12.1 Å². The predicted molar refractivity (Wildman–Crippen MR) is 147 cm³/mol. The van der Waals surface area contributed by atoms with Gasteiger partial charge in [-0.3, -0.25) is 14.3 Å². The smallest absolute Gasteiger partial charge is 0.234 e. The summed E-state index contributed by atoms with van der Waals surface area (Å²) in [5, 5.41) is 12.3. The van der Waals surface area contributed by atoms with Gasteiger partial charge in [0.1, 0.15) is 5.82 Å². The lowest BCUT2D eigenvalue weighted by Crippen LogP contribution is -2.21. The largest absolute Gasteiger partial charge is 0.324 e. The van der Waals surface area contributed by atoms with Crippen LogP contribution >= 0.6 is 79.5 Å². The van der Waals surface area contributed by atoms with Crippen LogP contribution in [0.1, 0.15) is 18.8 Å². The topological polar surface area (TPSA) is 63.1 Å². The van der Waals surface area contributed by atoms with Gasteiger partial charge in [-0.1, -0.05) is 11.8 Å². The van der Waals surface area contributed by atoms with Crippen LogP contribution in [0.25, 0.3) is 5.69 Å². The van der Waals surface area contributed by atoms with Gasteiger partial charge >= 0.3 is 0 Å². The maximum absolute atomic E-state index is 13.5. The van der Waals surface area contributed by atoms with Crippen LogP contribution in [0, 0.1) is 16.5 Å². The van der Waals surface area contributed by atoms with Crippen molar-refractivity contribution in [2.45, 2.75) is 18.1 Å². The fraction of sp³-hybridized carbons (Fsp3) is 0.250. The molecule has 1 N–H and O–H groups in total. The molecule has 0 aliphatic carbocycles. The SMILES string of the molecule is C[C@H](c1nnc(SCC(=O)Nc2c(I)cc(I)cc2I)n1-c1ccc(F)cc1)N(C)C. The quantitative estimate of drug-likeness (QED) is 0.251. The van der Waals surface area contributed by atoms with Crippen LogP contribution in [-0.2, 0) is 4.79 Å². The van der Waals surface area contributed by atoms with Crippen LogP contribution in [-0.4, -0.2) is 45.4 Å². The van der Waals surface area contributed by atoms with Gasteiger partial charge in [-0.2, -0.15) is 0 Å². The monoisotopic (exact) mass is 777 g/mol. The highest BCUT2D eigenvalue weighted by Crippen LogP contribution is 2.29. The first-order valence-corrected chi connectivity index (χ1v) is 13.3. The number of nitrogens with zero attached hydrogens (tertiary/aromatic N) is 4. The number of benzene rings is 2. The van der Waals surface area contributed by atoms with E-state index in [0.717, 1.165) is 27.9 Å². The van der Waals surface area contributed by atoms with Crippen molar-refractivity contribution in [1.82, 2.24) is 19.7 Å². The maximum atomic E-state index is 13.5. The molecule has 0 saturated carbocycles. The molecule has 0 saturated heterocycles. The van der Waals surface area contributed by atoms with Crippen LogP contribution in [0.5, 0.6) is 0 Å². The molecule has 0 unspecified atom stereocenters. The molecule has 0 aliphatic rings. The van der Waals surface area contributed by atoms with Crippen LogP contribution in [0.3, 0.4) is 0 Å². The molecular formula is C20H19FI3N5OS. The van der Waals surface area contributed by atoms with E-state index in [-0.39, 0.29) is 23.5 Å². The molecular weight excluding hydrogens is 758 g/mol. The molecule has 3 rings (SSSR count). The van der Waals surface area contributed by atoms with Crippen molar-refractivity contribution in [2.24, 2.45) is 0 Å². The Bertz CT molecular complexity index is 1070. The van der Waals surface area contributed by atoms with Gasteiger partial charge < -0.3 is 5.32 Å². The highest BCUT2D eigenvalue weighted by molar-refractivity contribution is 14.1. The summed E-state index contributed by atoms with van der Waals surface area (Å²) < 4.78 is 18.4.